The Morgan fingerprint density at radius 3 is 2.66 bits per heavy atom. The minimum absolute atomic E-state index is 0.0734. The lowest BCUT2D eigenvalue weighted by atomic mass is 10.1. The first-order valence-corrected chi connectivity index (χ1v) is 11.7. The number of nitrogens with zero attached hydrogens (tertiary/aromatic N) is 3. The van der Waals surface area contributed by atoms with E-state index >= 15 is 0 Å². The number of halogens is 3. The fourth-order valence-electron chi connectivity index (χ4n) is 3.14. The summed E-state index contributed by atoms with van der Waals surface area (Å²) in [5.41, 5.74) is 4.53. The fraction of sp³-hybridized carbons (Fsp3) is 0.0400. The summed E-state index contributed by atoms with van der Waals surface area (Å²) >= 11 is 15.5. The van der Waals surface area contributed by atoms with E-state index < -0.39 is 5.56 Å². The summed E-state index contributed by atoms with van der Waals surface area (Å²) in [7, 11) is 0. The van der Waals surface area contributed by atoms with Crippen LogP contribution in [0.1, 0.15) is 16.7 Å². The molecule has 10 heteroatoms. The molecule has 0 saturated carbocycles. The second kappa shape index (κ2) is 11.2. The van der Waals surface area contributed by atoms with Gasteiger partial charge in [0.2, 0.25) is 5.95 Å². The average molecular weight is 569 g/mol. The third-order valence-corrected chi connectivity index (χ3v) is 6.03. The van der Waals surface area contributed by atoms with Gasteiger partial charge in [0, 0.05) is 15.6 Å². The van der Waals surface area contributed by atoms with Gasteiger partial charge in [0.25, 0.3) is 5.56 Å². The van der Waals surface area contributed by atoms with Crippen molar-refractivity contribution in [2.75, 3.05) is 5.43 Å². The number of aromatic nitrogens is 2. The van der Waals surface area contributed by atoms with Gasteiger partial charge in [-0.3, -0.25) is 9.78 Å². The van der Waals surface area contributed by atoms with Gasteiger partial charge in [-0.25, -0.2) is 10.4 Å². The summed E-state index contributed by atoms with van der Waals surface area (Å²) < 4.78 is 6.78. The highest BCUT2D eigenvalue weighted by Crippen LogP contribution is 2.26. The third-order valence-electron chi connectivity index (χ3n) is 4.80. The molecule has 0 aliphatic carbocycles. The Hall–Kier alpha value is -3.64. The number of ether oxygens (including phenoxy) is 1. The SMILES string of the molecule is N#Cc1c(-c2ccccc2)nc(NN=Cc2cc(Br)ccc2OCc2ccc(Cl)c(Cl)c2)[nH]c1=O. The van der Waals surface area contributed by atoms with Crippen LogP contribution in [0.3, 0.4) is 0 Å². The molecule has 7 nitrogen and oxygen atoms in total. The van der Waals surface area contributed by atoms with E-state index in [-0.39, 0.29) is 23.8 Å². The van der Waals surface area contributed by atoms with Crippen molar-refractivity contribution < 1.29 is 4.74 Å². The molecule has 0 fully saturated rings. The van der Waals surface area contributed by atoms with Crippen molar-refractivity contribution in [2.45, 2.75) is 6.61 Å². The predicted molar refractivity (Wildman–Crippen MR) is 141 cm³/mol. The standard InChI is InChI=1S/C25H16BrCl2N5O2/c26-18-7-9-22(35-14-15-6-8-20(27)21(28)10-15)17(11-18)13-30-33-25-31-23(16-4-2-1-3-5-16)19(12-29)24(34)32-25/h1-11,13H,14H2,(H2,31,32,33,34). The Labute approximate surface area is 219 Å². The van der Waals surface area contributed by atoms with Crippen LogP contribution < -0.4 is 15.7 Å². The summed E-state index contributed by atoms with van der Waals surface area (Å²) in [6.45, 7) is 0.276. The quantitative estimate of drug-likeness (QED) is 0.198. The van der Waals surface area contributed by atoms with Crippen molar-refractivity contribution in [3.8, 4) is 23.1 Å². The van der Waals surface area contributed by atoms with Gasteiger partial charge in [0.15, 0.2) is 0 Å². The van der Waals surface area contributed by atoms with Crippen LogP contribution in [0.4, 0.5) is 5.95 Å². The zero-order chi connectivity index (χ0) is 24.8. The van der Waals surface area contributed by atoms with E-state index in [9.17, 15) is 10.1 Å². The number of nitrogens with one attached hydrogen (secondary N) is 2. The fourth-order valence-corrected chi connectivity index (χ4v) is 3.84. The number of benzene rings is 3. The zero-order valence-electron chi connectivity index (χ0n) is 17.9. The first kappa shape index (κ1) is 24.5. The number of nitriles is 1. The second-order valence-corrected chi connectivity index (χ2v) is 8.94. The van der Waals surface area contributed by atoms with Crippen LogP contribution in [0.25, 0.3) is 11.3 Å². The first-order chi connectivity index (χ1) is 16.9. The normalized spacial score (nSPS) is 10.8. The molecule has 1 aromatic heterocycles. The topological polar surface area (TPSA) is 103 Å². The third kappa shape index (κ3) is 6.08. The Morgan fingerprint density at radius 1 is 1.11 bits per heavy atom. The van der Waals surface area contributed by atoms with Crippen molar-refractivity contribution in [2.24, 2.45) is 5.10 Å². The molecule has 0 bridgehead atoms. The van der Waals surface area contributed by atoms with E-state index in [1.165, 1.54) is 6.21 Å². The molecular weight excluding hydrogens is 553 g/mol. The molecule has 0 radical (unpaired) electrons. The van der Waals surface area contributed by atoms with Crippen molar-refractivity contribution in [3.63, 3.8) is 0 Å². The molecule has 0 saturated heterocycles. The van der Waals surface area contributed by atoms with Crippen LogP contribution in [0.2, 0.25) is 10.0 Å². The Balaban J connectivity index is 1.55. The second-order valence-electron chi connectivity index (χ2n) is 7.21. The Kier molecular flexibility index (Phi) is 7.83. The van der Waals surface area contributed by atoms with Gasteiger partial charge in [-0.1, -0.05) is 75.5 Å². The summed E-state index contributed by atoms with van der Waals surface area (Å²) in [5, 5.41) is 14.5. The molecule has 0 aliphatic rings. The average Bonchev–Trinajstić information content (AvgIpc) is 2.86. The van der Waals surface area contributed by atoms with E-state index in [0.29, 0.717) is 26.9 Å². The molecule has 35 heavy (non-hydrogen) atoms. The minimum atomic E-state index is -0.563. The van der Waals surface area contributed by atoms with Gasteiger partial charge in [0.05, 0.1) is 22.0 Å². The molecule has 1 heterocycles. The zero-order valence-corrected chi connectivity index (χ0v) is 21.0. The number of hydrazone groups is 1. The van der Waals surface area contributed by atoms with Crippen molar-refractivity contribution in [3.05, 3.63) is 108 Å². The minimum Gasteiger partial charge on any atom is -0.488 e. The van der Waals surface area contributed by atoms with Gasteiger partial charge in [-0.15, -0.1) is 0 Å². The van der Waals surface area contributed by atoms with Gasteiger partial charge in [0.1, 0.15) is 24.0 Å². The van der Waals surface area contributed by atoms with Crippen LogP contribution in [0.5, 0.6) is 5.75 Å². The van der Waals surface area contributed by atoms with Crippen molar-refractivity contribution in [1.29, 1.82) is 5.26 Å². The number of aromatic amines is 1. The van der Waals surface area contributed by atoms with E-state index in [2.05, 4.69) is 36.4 Å². The smallest absolute Gasteiger partial charge is 0.270 e. The molecule has 0 atom stereocenters. The van der Waals surface area contributed by atoms with Crippen molar-refractivity contribution >= 4 is 51.3 Å². The molecular formula is C25H16BrCl2N5O2. The molecule has 4 rings (SSSR count). The molecule has 0 aliphatic heterocycles. The van der Waals surface area contributed by atoms with E-state index in [4.69, 9.17) is 27.9 Å². The van der Waals surface area contributed by atoms with Gasteiger partial charge >= 0.3 is 0 Å². The van der Waals surface area contributed by atoms with E-state index in [0.717, 1.165) is 10.0 Å². The van der Waals surface area contributed by atoms with Crippen LogP contribution in [-0.4, -0.2) is 16.2 Å². The number of hydrogen-bond acceptors (Lipinski definition) is 6. The Morgan fingerprint density at radius 2 is 1.91 bits per heavy atom. The molecule has 2 N–H and O–H groups in total. The van der Waals surface area contributed by atoms with Crippen LogP contribution >= 0.6 is 39.1 Å². The number of hydrogen-bond donors (Lipinski definition) is 2. The lowest BCUT2D eigenvalue weighted by Crippen LogP contribution is -2.16. The van der Waals surface area contributed by atoms with E-state index in [1.54, 1.807) is 42.5 Å². The summed E-state index contributed by atoms with van der Waals surface area (Å²) in [6.07, 6.45) is 1.54. The lowest BCUT2D eigenvalue weighted by molar-refractivity contribution is 0.306. The van der Waals surface area contributed by atoms with Gasteiger partial charge in [-0.2, -0.15) is 10.4 Å². The maximum Gasteiger partial charge on any atom is 0.270 e. The lowest BCUT2D eigenvalue weighted by Gasteiger charge is -2.10. The first-order valence-electron chi connectivity index (χ1n) is 10.2. The summed E-state index contributed by atoms with van der Waals surface area (Å²) in [6, 6.07) is 21.7. The Bertz CT molecular complexity index is 1500. The molecule has 3 aromatic carbocycles. The van der Waals surface area contributed by atoms with Crippen LogP contribution in [0.15, 0.2) is 81.1 Å². The number of rotatable bonds is 7. The van der Waals surface area contributed by atoms with E-state index in [1.807, 2.05) is 30.3 Å². The molecule has 0 amide bonds. The maximum absolute atomic E-state index is 12.4. The molecule has 0 unspecified atom stereocenters. The van der Waals surface area contributed by atoms with Crippen LogP contribution in [-0.2, 0) is 6.61 Å². The molecule has 0 spiro atoms. The summed E-state index contributed by atoms with van der Waals surface area (Å²) in [5.74, 6) is 0.674. The monoisotopic (exact) mass is 567 g/mol. The summed E-state index contributed by atoms with van der Waals surface area (Å²) in [4.78, 5) is 19.3. The predicted octanol–water partition coefficient (Wildman–Crippen LogP) is 6.40. The number of anilines is 1. The highest BCUT2D eigenvalue weighted by Gasteiger charge is 2.13. The highest BCUT2D eigenvalue weighted by molar-refractivity contribution is 9.10. The van der Waals surface area contributed by atoms with Crippen LogP contribution in [0, 0.1) is 11.3 Å². The number of H-pyrrole nitrogens is 1. The highest BCUT2D eigenvalue weighted by atomic mass is 79.9. The van der Waals surface area contributed by atoms with Gasteiger partial charge < -0.3 is 4.74 Å². The van der Waals surface area contributed by atoms with Gasteiger partial charge in [-0.05, 0) is 35.9 Å². The molecule has 4 aromatic rings. The largest absolute Gasteiger partial charge is 0.488 e. The maximum atomic E-state index is 12.4. The van der Waals surface area contributed by atoms with Crippen molar-refractivity contribution in [1.82, 2.24) is 9.97 Å². The molecule has 174 valence electrons.